The zero-order valence-corrected chi connectivity index (χ0v) is 11.1. The number of hydrogen-bond donors (Lipinski definition) is 0. The van der Waals surface area contributed by atoms with Crippen molar-refractivity contribution in [3.05, 3.63) is 0 Å². The van der Waals surface area contributed by atoms with Crippen molar-refractivity contribution in [2.75, 3.05) is 26.4 Å². The van der Waals surface area contributed by atoms with Crippen LogP contribution in [0.5, 0.6) is 0 Å². The Balaban J connectivity index is 2.07. The van der Waals surface area contributed by atoms with E-state index in [1.165, 1.54) is 44.9 Å². The maximum atomic E-state index is 5.76. The summed E-state index contributed by atoms with van der Waals surface area (Å²) in [6.45, 7) is 8.15. The third-order valence-electron chi connectivity index (χ3n) is 3.43. The molecule has 0 aromatic carbocycles. The molecular formula is C14H28O2. The standard InChI is InChI=1S/C14H28O2/c1-3-5-7-8-9-14(12-16-13-14)11-15-10-6-4-2/h3-13H2,1-2H3. The lowest BCUT2D eigenvalue weighted by atomic mass is 9.81. The third-order valence-corrected chi connectivity index (χ3v) is 3.43. The zero-order chi connectivity index (χ0) is 11.7. The molecule has 16 heavy (non-hydrogen) atoms. The molecule has 0 saturated carbocycles. The Morgan fingerprint density at radius 3 is 2.31 bits per heavy atom. The summed E-state index contributed by atoms with van der Waals surface area (Å²) in [6.07, 6.45) is 9.09. The topological polar surface area (TPSA) is 18.5 Å². The van der Waals surface area contributed by atoms with E-state index in [0.717, 1.165) is 26.4 Å². The summed E-state index contributed by atoms with van der Waals surface area (Å²) in [4.78, 5) is 0. The smallest absolute Gasteiger partial charge is 0.0567 e. The molecule has 0 aliphatic carbocycles. The van der Waals surface area contributed by atoms with Gasteiger partial charge in [-0.2, -0.15) is 0 Å². The Bertz CT molecular complexity index is 150. The summed E-state index contributed by atoms with van der Waals surface area (Å²) in [7, 11) is 0. The molecule has 1 saturated heterocycles. The average Bonchev–Trinajstić information content (AvgIpc) is 2.25. The van der Waals surface area contributed by atoms with Gasteiger partial charge >= 0.3 is 0 Å². The van der Waals surface area contributed by atoms with Crippen LogP contribution in [0.2, 0.25) is 0 Å². The second-order valence-corrected chi connectivity index (χ2v) is 5.21. The van der Waals surface area contributed by atoms with Crippen LogP contribution in [0.15, 0.2) is 0 Å². The second kappa shape index (κ2) is 8.08. The molecule has 0 spiro atoms. The van der Waals surface area contributed by atoms with Crippen molar-refractivity contribution >= 4 is 0 Å². The van der Waals surface area contributed by atoms with E-state index in [1.54, 1.807) is 0 Å². The van der Waals surface area contributed by atoms with E-state index in [-0.39, 0.29) is 0 Å². The van der Waals surface area contributed by atoms with E-state index < -0.39 is 0 Å². The Labute approximate surface area is 101 Å². The lowest BCUT2D eigenvalue weighted by molar-refractivity contribution is -0.153. The van der Waals surface area contributed by atoms with E-state index >= 15 is 0 Å². The van der Waals surface area contributed by atoms with E-state index in [2.05, 4.69) is 13.8 Å². The lowest BCUT2D eigenvalue weighted by Gasteiger charge is -2.41. The third kappa shape index (κ3) is 4.84. The van der Waals surface area contributed by atoms with Crippen molar-refractivity contribution in [1.82, 2.24) is 0 Å². The molecule has 1 heterocycles. The monoisotopic (exact) mass is 228 g/mol. The maximum Gasteiger partial charge on any atom is 0.0567 e. The van der Waals surface area contributed by atoms with Gasteiger partial charge < -0.3 is 9.47 Å². The molecule has 0 bridgehead atoms. The van der Waals surface area contributed by atoms with Crippen molar-refractivity contribution in [1.29, 1.82) is 0 Å². The van der Waals surface area contributed by atoms with Gasteiger partial charge in [0, 0.05) is 12.0 Å². The van der Waals surface area contributed by atoms with Gasteiger partial charge in [0.2, 0.25) is 0 Å². The Kier molecular flexibility index (Phi) is 7.06. The van der Waals surface area contributed by atoms with E-state index in [4.69, 9.17) is 9.47 Å². The Morgan fingerprint density at radius 1 is 1.00 bits per heavy atom. The van der Waals surface area contributed by atoms with Crippen molar-refractivity contribution < 1.29 is 9.47 Å². The number of unbranched alkanes of at least 4 members (excludes halogenated alkanes) is 4. The van der Waals surface area contributed by atoms with Crippen molar-refractivity contribution in [3.63, 3.8) is 0 Å². The number of ether oxygens (including phenoxy) is 2. The van der Waals surface area contributed by atoms with Crippen LogP contribution in [0, 0.1) is 5.41 Å². The molecule has 0 amide bonds. The summed E-state index contributed by atoms with van der Waals surface area (Å²) in [5.74, 6) is 0. The first kappa shape index (κ1) is 14.0. The Hall–Kier alpha value is -0.0800. The minimum atomic E-state index is 0.376. The first-order valence-electron chi connectivity index (χ1n) is 6.98. The quantitative estimate of drug-likeness (QED) is 0.530. The van der Waals surface area contributed by atoms with Gasteiger partial charge in [0.05, 0.1) is 19.8 Å². The molecule has 0 atom stereocenters. The highest BCUT2D eigenvalue weighted by Crippen LogP contribution is 2.34. The van der Waals surface area contributed by atoms with E-state index in [0.29, 0.717) is 5.41 Å². The molecule has 1 aliphatic heterocycles. The fourth-order valence-electron chi connectivity index (χ4n) is 2.15. The molecule has 0 aromatic rings. The molecule has 0 unspecified atom stereocenters. The Morgan fingerprint density at radius 2 is 1.75 bits per heavy atom. The first-order valence-corrected chi connectivity index (χ1v) is 6.98. The SMILES string of the molecule is CCCCCCC1(COCCCC)COC1. The van der Waals surface area contributed by atoms with Gasteiger partial charge in [-0.15, -0.1) is 0 Å². The fourth-order valence-corrected chi connectivity index (χ4v) is 2.15. The summed E-state index contributed by atoms with van der Waals surface area (Å²) in [6, 6.07) is 0. The highest BCUT2D eigenvalue weighted by atomic mass is 16.5. The van der Waals surface area contributed by atoms with Crippen molar-refractivity contribution in [3.8, 4) is 0 Å². The van der Waals surface area contributed by atoms with Gasteiger partial charge in [0.1, 0.15) is 0 Å². The van der Waals surface area contributed by atoms with Crippen LogP contribution in [-0.2, 0) is 9.47 Å². The van der Waals surface area contributed by atoms with Gasteiger partial charge in [-0.1, -0.05) is 46.0 Å². The molecule has 0 radical (unpaired) electrons. The second-order valence-electron chi connectivity index (χ2n) is 5.21. The fraction of sp³-hybridized carbons (Fsp3) is 1.00. The molecule has 2 heteroatoms. The summed E-state index contributed by atoms with van der Waals surface area (Å²) in [5, 5.41) is 0. The summed E-state index contributed by atoms with van der Waals surface area (Å²) in [5.41, 5.74) is 0.376. The van der Waals surface area contributed by atoms with Gasteiger partial charge in [0.25, 0.3) is 0 Å². The molecule has 0 N–H and O–H groups in total. The van der Waals surface area contributed by atoms with Crippen LogP contribution in [-0.4, -0.2) is 26.4 Å². The average molecular weight is 228 g/mol. The normalized spacial score (nSPS) is 18.4. The van der Waals surface area contributed by atoms with Crippen LogP contribution in [0.1, 0.15) is 58.8 Å². The van der Waals surface area contributed by atoms with E-state index in [1.807, 2.05) is 0 Å². The zero-order valence-electron chi connectivity index (χ0n) is 11.1. The molecule has 1 fully saturated rings. The van der Waals surface area contributed by atoms with Gasteiger partial charge in [-0.25, -0.2) is 0 Å². The van der Waals surface area contributed by atoms with Crippen LogP contribution in [0.25, 0.3) is 0 Å². The lowest BCUT2D eigenvalue weighted by Crippen LogP contribution is -2.46. The summed E-state index contributed by atoms with van der Waals surface area (Å²) >= 11 is 0. The van der Waals surface area contributed by atoms with Crippen LogP contribution in [0.3, 0.4) is 0 Å². The first-order chi connectivity index (χ1) is 7.83. The predicted molar refractivity (Wildman–Crippen MR) is 67.7 cm³/mol. The van der Waals surface area contributed by atoms with Crippen LogP contribution in [0.4, 0.5) is 0 Å². The molecule has 0 aromatic heterocycles. The molecular weight excluding hydrogens is 200 g/mol. The minimum Gasteiger partial charge on any atom is -0.381 e. The van der Waals surface area contributed by atoms with Gasteiger partial charge in [-0.05, 0) is 12.8 Å². The van der Waals surface area contributed by atoms with Crippen LogP contribution >= 0.6 is 0 Å². The van der Waals surface area contributed by atoms with E-state index in [9.17, 15) is 0 Å². The number of rotatable bonds is 10. The predicted octanol–water partition coefficient (Wildman–Crippen LogP) is 3.79. The molecule has 96 valence electrons. The molecule has 2 nitrogen and oxygen atoms in total. The van der Waals surface area contributed by atoms with Crippen molar-refractivity contribution in [2.24, 2.45) is 5.41 Å². The maximum absolute atomic E-state index is 5.76. The van der Waals surface area contributed by atoms with Crippen LogP contribution < -0.4 is 0 Å². The minimum absolute atomic E-state index is 0.376. The number of hydrogen-bond acceptors (Lipinski definition) is 2. The largest absolute Gasteiger partial charge is 0.381 e. The van der Waals surface area contributed by atoms with Gasteiger partial charge in [0.15, 0.2) is 0 Å². The summed E-state index contributed by atoms with van der Waals surface area (Å²) < 4.78 is 11.1. The molecule has 1 aliphatic rings. The highest BCUT2D eigenvalue weighted by molar-refractivity contribution is 4.85. The van der Waals surface area contributed by atoms with Crippen molar-refractivity contribution in [2.45, 2.75) is 58.8 Å². The highest BCUT2D eigenvalue weighted by Gasteiger charge is 2.38. The molecule has 1 rings (SSSR count). The van der Waals surface area contributed by atoms with Gasteiger partial charge in [-0.3, -0.25) is 0 Å².